The average Bonchev–Trinajstić information content (AvgIpc) is 2.50. The number of aryl methyl sites for hydroxylation is 1. The van der Waals surface area contributed by atoms with Gasteiger partial charge in [0.1, 0.15) is 10.5 Å². The molecule has 1 N–H and O–H groups in total. The number of H-pyrrole nitrogens is 1. The molecule has 76 valence electrons. The van der Waals surface area contributed by atoms with Crippen molar-refractivity contribution < 1.29 is 0 Å². The van der Waals surface area contributed by atoms with Gasteiger partial charge >= 0.3 is 0 Å². The summed E-state index contributed by atoms with van der Waals surface area (Å²) >= 11 is 5.27. The van der Waals surface area contributed by atoms with Crippen LogP contribution in [0.15, 0.2) is 0 Å². The number of aromatic nitrogens is 2. The van der Waals surface area contributed by atoms with Crippen molar-refractivity contribution in [3.63, 3.8) is 0 Å². The zero-order chi connectivity index (χ0) is 10.1. The number of rotatable bonds is 2. The molecule has 1 aliphatic rings. The van der Waals surface area contributed by atoms with Gasteiger partial charge in [0.25, 0.3) is 0 Å². The Labute approximate surface area is 89.2 Å². The first-order valence-corrected chi connectivity index (χ1v) is 5.33. The lowest BCUT2D eigenvalue weighted by Gasteiger charge is -2.10. The van der Waals surface area contributed by atoms with E-state index in [9.17, 15) is 0 Å². The molecule has 0 aliphatic heterocycles. The van der Waals surface area contributed by atoms with E-state index < -0.39 is 0 Å². The van der Waals surface area contributed by atoms with Crippen LogP contribution in [0.4, 0.5) is 0 Å². The van der Waals surface area contributed by atoms with E-state index in [0.717, 1.165) is 29.9 Å². The number of hydrogen-bond donors (Lipinski definition) is 1. The number of fused-ring (bicyclic) bond motifs is 1. The monoisotopic (exact) mass is 209 g/mol. The molecule has 2 rings (SSSR count). The largest absolute Gasteiger partial charge is 0.346 e. The van der Waals surface area contributed by atoms with Crippen LogP contribution in [0.25, 0.3) is 0 Å². The van der Waals surface area contributed by atoms with Crippen LogP contribution in [0.3, 0.4) is 0 Å². The molecule has 4 heteroatoms. The van der Waals surface area contributed by atoms with E-state index in [2.05, 4.69) is 14.9 Å². The van der Waals surface area contributed by atoms with Crippen molar-refractivity contribution in [2.45, 2.75) is 25.8 Å². The highest BCUT2D eigenvalue weighted by molar-refractivity contribution is 7.71. The summed E-state index contributed by atoms with van der Waals surface area (Å²) in [6.45, 7) is 0.830. The summed E-state index contributed by atoms with van der Waals surface area (Å²) in [4.78, 5) is 9.87. The van der Waals surface area contributed by atoms with E-state index in [-0.39, 0.29) is 0 Å². The molecule has 0 bridgehead atoms. The summed E-state index contributed by atoms with van der Waals surface area (Å²) < 4.78 is 0.799. The third kappa shape index (κ3) is 1.86. The lowest BCUT2D eigenvalue weighted by molar-refractivity contribution is 0.389. The second-order valence-electron chi connectivity index (χ2n) is 4.04. The van der Waals surface area contributed by atoms with Crippen LogP contribution in [0.2, 0.25) is 0 Å². The normalized spacial score (nSPS) is 14.8. The van der Waals surface area contributed by atoms with Gasteiger partial charge in [-0.2, -0.15) is 0 Å². The maximum atomic E-state index is 5.27. The van der Waals surface area contributed by atoms with Crippen LogP contribution < -0.4 is 0 Å². The third-order valence-electron chi connectivity index (χ3n) is 2.47. The second-order valence-corrected chi connectivity index (χ2v) is 4.42. The molecule has 0 unspecified atom stereocenters. The van der Waals surface area contributed by atoms with E-state index in [1.54, 1.807) is 0 Å². The van der Waals surface area contributed by atoms with Gasteiger partial charge in [0.2, 0.25) is 0 Å². The minimum atomic E-state index is 0.799. The van der Waals surface area contributed by atoms with Crippen molar-refractivity contribution in [3.8, 4) is 0 Å². The van der Waals surface area contributed by atoms with Gasteiger partial charge in [-0.15, -0.1) is 0 Å². The first-order valence-electron chi connectivity index (χ1n) is 4.92. The molecule has 3 nitrogen and oxygen atoms in total. The van der Waals surface area contributed by atoms with Crippen molar-refractivity contribution in [3.05, 3.63) is 21.7 Å². The smallest absolute Gasteiger partial charge is 0.133 e. The molecule has 0 radical (unpaired) electrons. The lowest BCUT2D eigenvalue weighted by Crippen LogP contribution is -2.14. The SMILES string of the molecule is CN(C)Cc1nc(=S)c2c([nH]1)CCC2. The highest BCUT2D eigenvalue weighted by atomic mass is 32.1. The van der Waals surface area contributed by atoms with Gasteiger partial charge in [0.15, 0.2) is 0 Å². The fourth-order valence-electron chi connectivity index (χ4n) is 1.88. The Hall–Kier alpha value is -0.740. The minimum Gasteiger partial charge on any atom is -0.346 e. The molecule has 0 saturated carbocycles. The fourth-order valence-corrected chi connectivity index (χ4v) is 2.22. The first-order chi connectivity index (χ1) is 6.66. The number of nitrogens with one attached hydrogen (secondary N) is 1. The molecular formula is C10H15N3S. The summed E-state index contributed by atoms with van der Waals surface area (Å²) in [5, 5.41) is 0. The molecule has 0 spiro atoms. The summed E-state index contributed by atoms with van der Waals surface area (Å²) in [5.74, 6) is 0.987. The zero-order valence-electron chi connectivity index (χ0n) is 8.63. The van der Waals surface area contributed by atoms with Gasteiger partial charge in [-0.05, 0) is 33.4 Å². The maximum Gasteiger partial charge on any atom is 0.133 e. The molecule has 14 heavy (non-hydrogen) atoms. The highest BCUT2D eigenvalue weighted by Gasteiger charge is 2.14. The molecule has 0 amide bonds. The highest BCUT2D eigenvalue weighted by Crippen LogP contribution is 2.20. The van der Waals surface area contributed by atoms with Crippen LogP contribution in [0.5, 0.6) is 0 Å². The molecular weight excluding hydrogens is 194 g/mol. The number of hydrogen-bond acceptors (Lipinski definition) is 3. The van der Waals surface area contributed by atoms with Crippen molar-refractivity contribution in [1.29, 1.82) is 0 Å². The van der Waals surface area contributed by atoms with E-state index >= 15 is 0 Å². The minimum absolute atomic E-state index is 0.799. The Kier molecular flexibility index (Phi) is 2.65. The third-order valence-corrected chi connectivity index (χ3v) is 2.81. The summed E-state index contributed by atoms with van der Waals surface area (Å²) in [6, 6.07) is 0. The quantitative estimate of drug-likeness (QED) is 0.752. The fraction of sp³-hybridized carbons (Fsp3) is 0.600. The molecule has 0 fully saturated rings. The Morgan fingerprint density at radius 2 is 2.21 bits per heavy atom. The number of nitrogens with zero attached hydrogens (tertiary/aromatic N) is 2. The Morgan fingerprint density at radius 1 is 1.43 bits per heavy atom. The maximum absolute atomic E-state index is 5.27. The van der Waals surface area contributed by atoms with Crippen LogP contribution in [-0.2, 0) is 19.4 Å². The second kappa shape index (κ2) is 3.79. The molecule has 1 aromatic heterocycles. The van der Waals surface area contributed by atoms with E-state index in [1.165, 1.54) is 17.7 Å². The first kappa shape index (κ1) is 9.80. The summed E-state index contributed by atoms with van der Waals surface area (Å²) in [6.07, 6.45) is 3.43. The molecule has 1 aliphatic carbocycles. The van der Waals surface area contributed by atoms with Crippen LogP contribution in [-0.4, -0.2) is 29.0 Å². The molecule has 1 aromatic rings. The van der Waals surface area contributed by atoms with Crippen molar-refractivity contribution in [2.24, 2.45) is 0 Å². The lowest BCUT2D eigenvalue weighted by atomic mass is 10.3. The van der Waals surface area contributed by atoms with Gasteiger partial charge < -0.3 is 9.88 Å². The van der Waals surface area contributed by atoms with Gasteiger partial charge in [-0.25, -0.2) is 4.98 Å². The van der Waals surface area contributed by atoms with Gasteiger partial charge in [0.05, 0.1) is 6.54 Å². The standard InChI is InChI=1S/C10H15N3S/c1-13(2)6-9-11-8-5-3-4-7(8)10(14)12-9/h3-6H2,1-2H3,(H,11,12,14). The summed E-state index contributed by atoms with van der Waals surface area (Å²) in [5.41, 5.74) is 2.57. The Balaban J connectivity index is 2.37. The Bertz CT molecular complexity index is 395. The van der Waals surface area contributed by atoms with Crippen molar-refractivity contribution in [1.82, 2.24) is 14.9 Å². The van der Waals surface area contributed by atoms with E-state index in [0.29, 0.717) is 0 Å². The zero-order valence-corrected chi connectivity index (χ0v) is 9.45. The van der Waals surface area contributed by atoms with E-state index in [4.69, 9.17) is 12.2 Å². The van der Waals surface area contributed by atoms with E-state index in [1.807, 2.05) is 14.1 Å². The molecule has 0 saturated heterocycles. The molecule has 0 atom stereocenters. The predicted molar refractivity (Wildman–Crippen MR) is 58.8 cm³/mol. The van der Waals surface area contributed by atoms with Crippen molar-refractivity contribution in [2.75, 3.05) is 14.1 Å². The van der Waals surface area contributed by atoms with Gasteiger partial charge in [-0.3, -0.25) is 0 Å². The number of aromatic amines is 1. The van der Waals surface area contributed by atoms with Gasteiger partial charge in [-0.1, -0.05) is 12.2 Å². The molecule has 1 heterocycles. The summed E-state index contributed by atoms with van der Waals surface area (Å²) in [7, 11) is 4.07. The molecule has 0 aromatic carbocycles. The van der Waals surface area contributed by atoms with Crippen LogP contribution >= 0.6 is 12.2 Å². The predicted octanol–water partition coefficient (Wildman–Crippen LogP) is 1.69. The van der Waals surface area contributed by atoms with Crippen LogP contribution in [0.1, 0.15) is 23.5 Å². The average molecular weight is 209 g/mol. The van der Waals surface area contributed by atoms with Crippen molar-refractivity contribution >= 4 is 12.2 Å². The Morgan fingerprint density at radius 3 is 2.93 bits per heavy atom. The van der Waals surface area contributed by atoms with Crippen LogP contribution in [0, 0.1) is 4.64 Å². The van der Waals surface area contributed by atoms with Gasteiger partial charge in [0, 0.05) is 11.3 Å². The topological polar surface area (TPSA) is 31.9 Å².